The van der Waals surface area contributed by atoms with Gasteiger partial charge in [0.2, 0.25) is 11.8 Å². The van der Waals surface area contributed by atoms with Gasteiger partial charge in [-0.05, 0) is 69.3 Å². The van der Waals surface area contributed by atoms with Crippen molar-refractivity contribution in [3.63, 3.8) is 0 Å². The van der Waals surface area contributed by atoms with Gasteiger partial charge in [0.15, 0.2) is 0 Å². The SMILES string of the molecule is Cc1ccc(NC(=O)C2CCN(C(C(=O)N3CCCCC3)c3ccccc3)CC2)nc1. The Morgan fingerprint density at radius 3 is 2.32 bits per heavy atom. The van der Waals surface area contributed by atoms with Crippen LogP contribution < -0.4 is 5.32 Å². The molecule has 1 unspecified atom stereocenters. The molecule has 2 aromatic rings. The molecule has 6 nitrogen and oxygen atoms in total. The van der Waals surface area contributed by atoms with Crippen LogP contribution in [0.25, 0.3) is 0 Å². The topological polar surface area (TPSA) is 65.5 Å². The quantitative estimate of drug-likeness (QED) is 0.799. The van der Waals surface area contributed by atoms with E-state index in [-0.39, 0.29) is 23.8 Å². The lowest BCUT2D eigenvalue weighted by molar-refractivity contribution is -0.139. The summed E-state index contributed by atoms with van der Waals surface area (Å²) in [6.07, 6.45) is 6.62. The van der Waals surface area contributed by atoms with Crippen molar-refractivity contribution in [2.75, 3.05) is 31.5 Å². The van der Waals surface area contributed by atoms with Crippen LogP contribution >= 0.6 is 0 Å². The molecular formula is C25H32N4O2. The maximum Gasteiger partial charge on any atom is 0.244 e. The zero-order valence-corrected chi connectivity index (χ0v) is 18.3. The lowest BCUT2D eigenvalue weighted by Crippen LogP contribution is -2.48. The highest BCUT2D eigenvalue weighted by atomic mass is 16.2. The number of aromatic nitrogens is 1. The van der Waals surface area contributed by atoms with Crippen molar-refractivity contribution in [2.45, 2.75) is 45.1 Å². The summed E-state index contributed by atoms with van der Waals surface area (Å²) in [4.78, 5) is 34.8. The van der Waals surface area contributed by atoms with Gasteiger partial charge in [-0.15, -0.1) is 0 Å². The molecule has 2 aliphatic rings. The summed E-state index contributed by atoms with van der Waals surface area (Å²) in [5, 5.41) is 2.95. The number of amides is 2. The zero-order chi connectivity index (χ0) is 21.6. The van der Waals surface area contributed by atoms with Crippen LogP contribution in [0.4, 0.5) is 5.82 Å². The average molecular weight is 421 g/mol. The van der Waals surface area contributed by atoms with Crippen molar-refractivity contribution < 1.29 is 9.59 Å². The first-order valence-electron chi connectivity index (χ1n) is 11.4. The predicted molar refractivity (Wildman–Crippen MR) is 122 cm³/mol. The molecule has 1 N–H and O–H groups in total. The first-order valence-corrected chi connectivity index (χ1v) is 11.4. The summed E-state index contributed by atoms with van der Waals surface area (Å²) in [6.45, 7) is 5.15. The second-order valence-electron chi connectivity index (χ2n) is 8.72. The number of hydrogen-bond donors (Lipinski definition) is 1. The van der Waals surface area contributed by atoms with Crippen molar-refractivity contribution in [2.24, 2.45) is 5.92 Å². The van der Waals surface area contributed by atoms with Crippen LogP contribution in [0.15, 0.2) is 48.7 Å². The fourth-order valence-electron chi connectivity index (χ4n) is 4.62. The van der Waals surface area contributed by atoms with Gasteiger partial charge in [-0.25, -0.2) is 4.98 Å². The monoisotopic (exact) mass is 420 g/mol. The molecule has 31 heavy (non-hydrogen) atoms. The molecule has 0 bridgehead atoms. The lowest BCUT2D eigenvalue weighted by atomic mass is 9.92. The number of pyridine rings is 1. The number of anilines is 1. The van der Waals surface area contributed by atoms with Crippen molar-refractivity contribution in [3.05, 3.63) is 59.8 Å². The first-order chi connectivity index (χ1) is 15.1. The minimum Gasteiger partial charge on any atom is -0.341 e. The maximum atomic E-state index is 13.5. The third kappa shape index (κ3) is 5.31. The largest absolute Gasteiger partial charge is 0.341 e. The molecule has 1 atom stereocenters. The molecule has 0 spiro atoms. The van der Waals surface area contributed by atoms with Gasteiger partial charge in [-0.2, -0.15) is 0 Å². The molecule has 0 radical (unpaired) electrons. The number of carbonyl (C=O) groups is 2. The Morgan fingerprint density at radius 1 is 0.968 bits per heavy atom. The third-order valence-corrected chi connectivity index (χ3v) is 6.45. The van der Waals surface area contributed by atoms with Gasteiger partial charge in [0, 0.05) is 25.2 Å². The van der Waals surface area contributed by atoms with Gasteiger partial charge in [0.25, 0.3) is 0 Å². The van der Waals surface area contributed by atoms with Gasteiger partial charge in [0.05, 0.1) is 0 Å². The predicted octanol–water partition coefficient (Wildman–Crippen LogP) is 3.79. The highest BCUT2D eigenvalue weighted by Crippen LogP contribution is 2.30. The molecule has 2 fully saturated rings. The Hall–Kier alpha value is -2.73. The van der Waals surface area contributed by atoms with Crippen LogP contribution in [0.3, 0.4) is 0 Å². The summed E-state index contributed by atoms with van der Waals surface area (Å²) in [5.74, 6) is 0.772. The Balaban J connectivity index is 1.41. The van der Waals surface area contributed by atoms with Gasteiger partial charge in [-0.3, -0.25) is 14.5 Å². The molecule has 2 aliphatic heterocycles. The average Bonchev–Trinajstić information content (AvgIpc) is 2.82. The Bertz CT molecular complexity index is 870. The third-order valence-electron chi connectivity index (χ3n) is 6.45. The number of nitrogens with one attached hydrogen (secondary N) is 1. The summed E-state index contributed by atoms with van der Waals surface area (Å²) >= 11 is 0. The number of carbonyl (C=O) groups excluding carboxylic acids is 2. The van der Waals surface area contributed by atoms with Crippen molar-refractivity contribution in [1.29, 1.82) is 0 Å². The lowest BCUT2D eigenvalue weighted by Gasteiger charge is -2.39. The molecule has 164 valence electrons. The Morgan fingerprint density at radius 2 is 1.68 bits per heavy atom. The minimum atomic E-state index is -0.262. The molecule has 6 heteroatoms. The second-order valence-corrected chi connectivity index (χ2v) is 8.72. The van der Waals surface area contributed by atoms with Gasteiger partial charge < -0.3 is 10.2 Å². The molecule has 0 aliphatic carbocycles. The number of likely N-dealkylation sites (tertiary alicyclic amines) is 2. The molecular weight excluding hydrogens is 388 g/mol. The van der Waals surface area contributed by atoms with E-state index in [9.17, 15) is 9.59 Å². The van der Waals surface area contributed by atoms with E-state index < -0.39 is 0 Å². The maximum absolute atomic E-state index is 13.5. The van der Waals surface area contributed by atoms with Crippen LogP contribution in [0.1, 0.15) is 49.3 Å². The number of nitrogens with zero attached hydrogens (tertiary/aromatic N) is 3. The number of piperidine rings is 2. The molecule has 3 heterocycles. The van der Waals surface area contributed by atoms with Gasteiger partial charge >= 0.3 is 0 Å². The van der Waals surface area contributed by atoms with E-state index in [1.807, 2.05) is 54.3 Å². The van der Waals surface area contributed by atoms with Crippen LogP contribution in [-0.4, -0.2) is 52.8 Å². The number of hydrogen-bond acceptors (Lipinski definition) is 4. The summed E-state index contributed by atoms with van der Waals surface area (Å²) in [7, 11) is 0. The van der Waals surface area contributed by atoms with E-state index in [4.69, 9.17) is 0 Å². The zero-order valence-electron chi connectivity index (χ0n) is 18.3. The normalized spacial score (nSPS) is 19.1. The Labute approximate surface area is 184 Å². The van der Waals surface area contributed by atoms with Crippen LogP contribution in [0, 0.1) is 12.8 Å². The summed E-state index contributed by atoms with van der Waals surface area (Å²) in [6, 6.07) is 13.6. The van der Waals surface area contributed by atoms with Crippen molar-refractivity contribution in [3.8, 4) is 0 Å². The van der Waals surface area contributed by atoms with Gasteiger partial charge in [-0.1, -0.05) is 36.4 Å². The number of aryl methyl sites for hydroxylation is 1. The highest BCUT2D eigenvalue weighted by molar-refractivity contribution is 5.91. The van der Waals surface area contributed by atoms with Crippen LogP contribution in [0.5, 0.6) is 0 Å². The molecule has 4 rings (SSSR count). The van der Waals surface area contributed by atoms with Crippen molar-refractivity contribution >= 4 is 17.6 Å². The number of benzene rings is 1. The fraction of sp³-hybridized carbons (Fsp3) is 0.480. The summed E-state index contributed by atoms with van der Waals surface area (Å²) < 4.78 is 0. The second kappa shape index (κ2) is 10.1. The highest BCUT2D eigenvalue weighted by Gasteiger charge is 2.35. The minimum absolute atomic E-state index is 0.0228. The molecule has 2 saturated heterocycles. The van der Waals surface area contributed by atoms with E-state index in [0.29, 0.717) is 5.82 Å². The van der Waals surface area contributed by atoms with E-state index in [2.05, 4.69) is 15.2 Å². The first kappa shape index (κ1) is 21.5. The van der Waals surface area contributed by atoms with Gasteiger partial charge in [0.1, 0.15) is 11.9 Å². The Kier molecular flexibility index (Phi) is 6.97. The van der Waals surface area contributed by atoms with E-state index in [1.54, 1.807) is 6.20 Å². The molecule has 2 amide bonds. The molecule has 0 saturated carbocycles. The standard InChI is InChI=1S/C25H32N4O2/c1-19-10-11-22(26-18-19)27-24(30)21-12-16-28(17-13-21)23(20-8-4-2-5-9-20)25(31)29-14-6-3-7-15-29/h2,4-5,8-11,18,21,23H,3,6-7,12-17H2,1H3,(H,26,27,30). The fourth-order valence-corrected chi connectivity index (χ4v) is 4.62. The van der Waals surface area contributed by atoms with Crippen molar-refractivity contribution in [1.82, 2.24) is 14.8 Å². The van der Waals surface area contributed by atoms with E-state index >= 15 is 0 Å². The number of rotatable bonds is 5. The van der Waals surface area contributed by atoms with Crippen LogP contribution in [-0.2, 0) is 9.59 Å². The molecule has 1 aromatic carbocycles. The summed E-state index contributed by atoms with van der Waals surface area (Å²) in [5.41, 5.74) is 2.11. The molecule has 1 aromatic heterocycles. The van der Waals surface area contributed by atoms with Crippen LogP contribution in [0.2, 0.25) is 0 Å². The smallest absolute Gasteiger partial charge is 0.244 e. The van der Waals surface area contributed by atoms with E-state index in [0.717, 1.165) is 63.0 Å². The van der Waals surface area contributed by atoms with E-state index in [1.165, 1.54) is 6.42 Å².